The maximum atomic E-state index is 6.71. The number of hydrogen-bond acceptors (Lipinski definition) is 3. The second-order valence-electron chi connectivity index (χ2n) is 2.92. The van der Waals surface area contributed by atoms with Crippen molar-refractivity contribution in [2.24, 2.45) is 4.99 Å². The number of nitrogens with one attached hydrogen (secondary N) is 1. The predicted molar refractivity (Wildman–Crippen MR) is 54.6 cm³/mol. The highest BCUT2D eigenvalue weighted by Gasteiger charge is 2.15. The van der Waals surface area contributed by atoms with Crippen LogP contribution >= 0.6 is 12.4 Å². The molecule has 72 valence electrons. The van der Waals surface area contributed by atoms with Crippen molar-refractivity contribution in [1.82, 2.24) is 4.90 Å². The van der Waals surface area contributed by atoms with E-state index in [9.17, 15) is 0 Å². The molecule has 2 atom stereocenters. The zero-order valence-electron chi connectivity index (χ0n) is 8.16. The molecule has 0 radical (unpaired) electrons. The van der Waals surface area contributed by atoms with E-state index in [0.717, 1.165) is 6.42 Å². The summed E-state index contributed by atoms with van der Waals surface area (Å²) in [4.78, 5) is 6.02. The molecule has 0 aromatic carbocycles. The van der Waals surface area contributed by atoms with Crippen LogP contribution in [0.1, 0.15) is 20.3 Å². The van der Waals surface area contributed by atoms with Crippen molar-refractivity contribution in [3.63, 3.8) is 0 Å². The van der Waals surface area contributed by atoms with Crippen LogP contribution in [0.3, 0.4) is 0 Å². The SMILES string of the molecule is CCC(C(C)N=C=N)N(C)C.Cl. The van der Waals surface area contributed by atoms with Crippen LogP contribution in [-0.4, -0.2) is 37.1 Å². The van der Waals surface area contributed by atoms with Crippen molar-refractivity contribution >= 4 is 18.4 Å². The van der Waals surface area contributed by atoms with Crippen LogP contribution in [0.2, 0.25) is 0 Å². The summed E-state index contributed by atoms with van der Waals surface area (Å²) < 4.78 is 0. The molecule has 1 N–H and O–H groups in total. The molecule has 3 nitrogen and oxygen atoms in total. The van der Waals surface area contributed by atoms with E-state index in [-0.39, 0.29) is 18.4 Å². The second kappa shape index (κ2) is 7.29. The van der Waals surface area contributed by atoms with Gasteiger partial charge in [0.05, 0.1) is 12.1 Å². The Morgan fingerprint density at radius 1 is 1.50 bits per heavy atom. The molecule has 0 saturated heterocycles. The van der Waals surface area contributed by atoms with Crippen LogP contribution in [0.25, 0.3) is 0 Å². The molecule has 0 heterocycles. The third-order valence-electron chi connectivity index (χ3n) is 1.91. The minimum absolute atomic E-state index is 0. The lowest BCUT2D eigenvalue weighted by atomic mass is 10.1. The highest BCUT2D eigenvalue weighted by molar-refractivity contribution is 5.85. The number of hydrogen-bond donors (Lipinski definition) is 1. The summed E-state index contributed by atoms with van der Waals surface area (Å²) in [6.45, 7) is 4.14. The van der Waals surface area contributed by atoms with Gasteiger partial charge in [0.25, 0.3) is 0 Å². The Hall–Kier alpha value is -0.370. The Kier molecular flexibility index (Phi) is 8.61. The van der Waals surface area contributed by atoms with E-state index in [4.69, 9.17) is 5.41 Å². The Balaban J connectivity index is 0. The van der Waals surface area contributed by atoms with Gasteiger partial charge < -0.3 is 4.90 Å². The number of aliphatic imine (C=N–C) groups is 1. The number of likely N-dealkylation sites (N-methyl/N-ethyl adjacent to an activating group) is 1. The molecule has 0 rings (SSSR count). The highest BCUT2D eigenvalue weighted by Crippen LogP contribution is 2.07. The van der Waals surface area contributed by atoms with Crippen LogP contribution in [-0.2, 0) is 0 Å². The van der Waals surface area contributed by atoms with Crippen LogP contribution in [0, 0.1) is 5.41 Å². The van der Waals surface area contributed by atoms with Crippen LogP contribution < -0.4 is 0 Å². The van der Waals surface area contributed by atoms with E-state index in [0.29, 0.717) is 6.04 Å². The van der Waals surface area contributed by atoms with Gasteiger partial charge in [-0.2, -0.15) is 0 Å². The third kappa shape index (κ3) is 4.50. The summed E-state index contributed by atoms with van der Waals surface area (Å²) in [5, 5.41) is 6.71. The highest BCUT2D eigenvalue weighted by atomic mass is 35.5. The first-order valence-electron chi connectivity index (χ1n) is 3.91. The number of nitrogens with zero attached hydrogens (tertiary/aromatic N) is 2. The summed E-state index contributed by atoms with van der Waals surface area (Å²) in [6, 6.07) is 2.68. The maximum Gasteiger partial charge on any atom is 0.0865 e. The standard InChI is InChI=1S/C8H17N3.ClH/c1-5-8(11(3)4)7(2)10-6-9;/h7-9H,5H2,1-4H3;1H. The molecule has 0 aliphatic rings. The molecule has 12 heavy (non-hydrogen) atoms. The lowest BCUT2D eigenvalue weighted by Crippen LogP contribution is -2.35. The first-order chi connectivity index (χ1) is 5.13. The fraction of sp³-hybridized carbons (Fsp3) is 0.875. The molecule has 0 fully saturated rings. The second-order valence-corrected chi connectivity index (χ2v) is 2.92. The molecular formula is C8H18ClN3. The van der Waals surface area contributed by atoms with Crippen molar-refractivity contribution < 1.29 is 0 Å². The first kappa shape index (κ1) is 14.2. The van der Waals surface area contributed by atoms with Crippen LogP contribution in [0.4, 0.5) is 0 Å². The molecule has 4 heteroatoms. The largest absolute Gasteiger partial charge is 0.304 e. The van der Waals surface area contributed by atoms with E-state index in [1.54, 1.807) is 0 Å². The summed E-state index contributed by atoms with van der Waals surface area (Å²) >= 11 is 0. The fourth-order valence-corrected chi connectivity index (χ4v) is 1.33. The Morgan fingerprint density at radius 3 is 2.25 bits per heavy atom. The van der Waals surface area contributed by atoms with Crippen molar-refractivity contribution in [3.05, 3.63) is 0 Å². The van der Waals surface area contributed by atoms with Crippen LogP contribution in [0.15, 0.2) is 4.99 Å². The van der Waals surface area contributed by atoms with E-state index >= 15 is 0 Å². The minimum atomic E-state index is 0. The van der Waals surface area contributed by atoms with Crippen molar-refractivity contribution in [2.75, 3.05) is 14.1 Å². The van der Waals surface area contributed by atoms with E-state index in [1.807, 2.05) is 21.0 Å². The van der Waals surface area contributed by atoms with Crippen LogP contribution in [0.5, 0.6) is 0 Å². The normalized spacial score (nSPS) is 14.4. The zero-order valence-corrected chi connectivity index (χ0v) is 8.98. The van der Waals surface area contributed by atoms with E-state index in [1.165, 1.54) is 0 Å². The topological polar surface area (TPSA) is 39.5 Å². The molecule has 0 amide bonds. The summed E-state index contributed by atoms with van der Waals surface area (Å²) in [7, 11) is 4.06. The summed E-state index contributed by atoms with van der Waals surface area (Å²) in [6.07, 6.45) is 1.05. The fourth-order valence-electron chi connectivity index (χ4n) is 1.33. The first-order valence-corrected chi connectivity index (χ1v) is 3.91. The van der Waals surface area contributed by atoms with E-state index < -0.39 is 0 Å². The molecule has 0 aromatic heterocycles. The Bertz CT molecular complexity index is 152. The quantitative estimate of drug-likeness (QED) is 0.678. The van der Waals surface area contributed by atoms with Gasteiger partial charge in [-0.3, -0.25) is 0 Å². The summed E-state index contributed by atoms with van der Waals surface area (Å²) in [5.41, 5.74) is 0. The van der Waals surface area contributed by atoms with Gasteiger partial charge in [0.2, 0.25) is 0 Å². The molecule has 2 unspecified atom stereocenters. The molecule has 0 aromatic rings. The Labute approximate surface area is 80.8 Å². The lowest BCUT2D eigenvalue weighted by Gasteiger charge is -2.25. The van der Waals surface area contributed by atoms with Gasteiger partial charge in [0.15, 0.2) is 0 Å². The van der Waals surface area contributed by atoms with E-state index in [2.05, 4.69) is 22.8 Å². The van der Waals surface area contributed by atoms with Crippen molar-refractivity contribution in [1.29, 1.82) is 5.41 Å². The summed E-state index contributed by atoms with van der Waals surface area (Å²) in [5.74, 6) is 0. The Morgan fingerprint density at radius 2 is 2.00 bits per heavy atom. The molecule has 0 spiro atoms. The molecular weight excluding hydrogens is 174 g/mol. The van der Waals surface area contributed by atoms with Gasteiger partial charge in [0, 0.05) is 6.04 Å². The molecule has 0 saturated carbocycles. The predicted octanol–water partition coefficient (Wildman–Crippen LogP) is 1.89. The minimum Gasteiger partial charge on any atom is -0.304 e. The monoisotopic (exact) mass is 191 g/mol. The smallest absolute Gasteiger partial charge is 0.0865 e. The third-order valence-corrected chi connectivity index (χ3v) is 1.91. The van der Waals surface area contributed by atoms with Gasteiger partial charge in [0.1, 0.15) is 0 Å². The lowest BCUT2D eigenvalue weighted by molar-refractivity contribution is 0.256. The van der Waals surface area contributed by atoms with Crippen molar-refractivity contribution in [2.45, 2.75) is 32.4 Å². The van der Waals surface area contributed by atoms with Gasteiger partial charge in [-0.05, 0) is 27.4 Å². The van der Waals surface area contributed by atoms with Gasteiger partial charge >= 0.3 is 0 Å². The average Bonchev–Trinajstić information content (AvgIpc) is 1.88. The molecule has 0 aliphatic carbocycles. The zero-order chi connectivity index (χ0) is 8.85. The number of halogens is 1. The number of rotatable bonds is 4. The van der Waals surface area contributed by atoms with Gasteiger partial charge in [-0.15, -0.1) is 12.4 Å². The maximum absolute atomic E-state index is 6.71. The van der Waals surface area contributed by atoms with Gasteiger partial charge in [-0.1, -0.05) is 6.92 Å². The molecule has 0 bridgehead atoms. The van der Waals surface area contributed by atoms with Gasteiger partial charge in [-0.25, -0.2) is 10.4 Å². The molecule has 0 aliphatic heterocycles. The average molecular weight is 192 g/mol. The van der Waals surface area contributed by atoms with Crippen molar-refractivity contribution in [3.8, 4) is 0 Å².